The van der Waals surface area contributed by atoms with Crippen molar-refractivity contribution in [2.45, 2.75) is 71.6 Å². The molecule has 2 heteroatoms. The minimum Gasteiger partial charge on any atom is -0.303 e. The first-order chi connectivity index (χ1) is 8.35. The lowest BCUT2D eigenvalue weighted by molar-refractivity contribution is 0.267. The number of hydrogen-bond acceptors (Lipinski definition) is 2. The zero-order valence-electron chi connectivity index (χ0n) is 12.1. The number of rotatable bonds is 13. The summed E-state index contributed by atoms with van der Waals surface area (Å²) in [5, 5.41) is 0. The van der Waals surface area contributed by atoms with Crippen molar-refractivity contribution in [3.05, 3.63) is 0 Å². The SMILES string of the molecule is CCCN(CCC)CCCCCCCCCS. The predicted molar refractivity (Wildman–Crippen MR) is 83.2 cm³/mol. The quantitative estimate of drug-likeness (QED) is 0.368. The van der Waals surface area contributed by atoms with Gasteiger partial charge in [0.05, 0.1) is 0 Å². The van der Waals surface area contributed by atoms with Gasteiger partial charge in [-0.15, -0.1) is 0 Å². The van der Waals surface area contributed by atoms with Crippen molar-refractivity contribution in [1.82, 2.24) is 4.90 Å². The van der Waals surface area contributed by atoms with Gasteiger partial charge in [-0.05, 0) is 51.1 Å². The van der Waals surface area contributed by atoms with Crippen LogP contribution >= 0.6 is 12.6 Å². The van der Waals surface area contributed by atoms with Gasteiger partial charge in [-0.2, -0.15) is 12.6 Å². The van der Waals surface area contributed by atoms with E-state index in [1.165, 1.54) is 77.4 Å². The number of unbranched alkanes of at least 4 members (excludes halogenated alkanes) is 6. The van der Waals surface area contributed by atoms with Gasteiger partial charge in [0.25, 0.3) is 0 Å². The van der Waals surface area contributed by atoms with E-state index in [4.69, 9.17) is 0 Å². The summed E-state index contributed by atoms with van der Waals surface area (Å²) in [4.78, 5) is 2.63. The standard InChI is InChI=1S/C15H33NS/c1-3-12-16(13-4-2)14-10-8-6-5-7-9-11-15-17/h17H,3-15H2,1-2H3. The molecule has 0 aromatic carbocycles. The van der Waals surface area contributed by atoms with Gasteiger partial charge in [-0.3, -0.25) is 0 Å². The molecule has 0 aliphatic heterocycles. The van der Waals surface area contributed by atoms with E-state index in [1.807, 2.05) is 0 Å². The van der Waals surface area contributed by atoms with E-state index < -0.39 is 0 Å². The maximum Gasteiger partial charge on any atom is -0.00187 e. The molecule has 0 rings (SSSR count). The second-order valence-corrected chi connectivity index (χ2v) is 5.49. The molecule has 0 amide bonds. The van der Waals surface area contributed by atoms with Crippen LogP contribution in [0.5, 0.6) is 0 Å². The first kappa shape index (κ1) is 17.3. The molecule has 0 saturated heterocycles. The highest BCUT2D eigenvalue weighted by atomic mass is 32.1. The highest BCUT2D eigenvalue weighted by molar-refractivity contribution is 7.80. The zero-order chi connectivity index (χ0) is 12.8. The lowest BCUT2D eigenvalue weighted by Crippen LogP contribution is -2.26. The van der Waals surface area contributed by atoms with E-state index in [9.17, 15) is 0 Å². The van der Waals surface area contributed by atoms with Crippen LogP contribution in [0.15, 0.2) is 0 Å². The van der Waals surface area contributed by atoms with E-state index in [2.05, 4.69) is 31.4 Å². The second kappa shape index (κ2) is 14.4. The van der Waals surface area contributed by atoms with Gasteiger partial charge in [0.15, 0.2) is 0 Å². The molecular weight excluding hydrogens is 226 g/mol. The van der Waals surface area contributed by atoms with Crippen LogP contribution in [0.1, 0.15) is 71.6 Å². The van der Waals surface area contributed by atoms with E-state index in [-0.39, 0.29) is 0 Å². The Bertz CT molecular complexity index is 133. The van der Waals surface area contributed by atoms with Crippen LogP contribution < -0.4 is 0 Å². The third-order valence-electron chi connectivity index (χ3n) is 3.21. The average molecular weight is 260 g/mol. The van der Waals surface area contributed by atoms with Crippen LogP contribution in [0.25, 0.3) is 0 Å². The minimum atomic E-state index is 1.06. The van der Waals surface area contributed by atoms with Gasteiger partial charge in [0, 0.05) is 0 Å². The van der Waals surface area contributed by atoms with Gasteiger partial charge >= 0.3 is 0 Å². The van der Waals surface area contributed by atoms with Crippen LogP contribution in [-0.2, 0) is 0 Å². The second-order valence-electron chi connectivity index (χ2n) is 5.04. The summed E-state index contributed by atoms with van der Waals surface area (Å²) in [7, 11) is 0. The highest BCUT2D eigenvalue weighted by Gasteiger charge is 2.01. The summed E-state index contributed by atoms with van der Waals surface area (Å²) in [5.74, 6) is 1.06. The molecule has 0 aromatic heterocycles. The van der Waals surface area contributed by atoms with Crippen molar-refractivity contribution in [1.29, 1.82) is 0 Å². The van der Waals surface area contributed by atoms with Gasteiger partial charge in [-0.1, -0.05) is 46.0 Å². The van der Waals surface area contributed by atoms with E-state index in [0.29, 0.717) is 0 Å². The summed E-state index contributed by atoms with van der Waals surface area (Å²) in [6.45, 7) is 8.46. The summed E-state index contributed by atoms with van der Waals surface area (Å²) < 4.78 is 0. The largest absolute Gasteiger partial charge is 0.303 e. The number of nitrogens with zero attached hydrogens (tertiary/aromatic N) is 1. The fraction of sp³-hybridized carbons (Fsp3) is 1.00. The number of hydrogen-bond donors (Lipinski definition) is 1. The Hall–Kier alpha value is 0.310. The van der Waals surface area contributed by atoms with Crippen molar-refractivity contribution in [3.8, 4) is 0 Å². The first-order valence-corrected chi connectivity index (χ1v) is 8.31. The Morgan fingerprint density at radius 1 is 0.647 bits per heavy atom. The van der Waals surface area contributed by atoms with E-state index in [1.54, 1.807) is 0 Å². The van der Waals surface area contributed by atoms with Crippen LogP contribution in [0.4, 0.5) is 0 Å². The minimum absolute atomic E-state index is 1.06. The molecule has 0 saturated carbocycles. The highest BCUT2D eigenvalue weighted by Crippen LogP contribution is 2.08. The first-order valence-electron chi connectivity index (χ1n) is 7.68. The van der Waals surface area contributed by atoms with Crippen molar-refractivity contribution in [2.75, 3.05) is 25.4 Å². The number of thiol groups is 1. The molecule has 0 fully saturated rings. The summed E-state index contributed by atoms with van der Waals surface area (Å²) in [6, 6.07) is 0. The van der Waals surface area contributed by atoms with Crippen LogP contribution in [0.3, 0.4) is 0 Å². The lowest BCUT2D eigenvalue weighted by Gasteiger charge is -2.20. The summed E-state index contributed by atoms with van der Waals surface area (Å²) >= 11 is 4.24. The molecule has 104 valence electrons. The van der Waals surface area contributed by atoms with E-state index >= 15 is 0 Å². The van der Waals surface area contributed by atoms with Gasteiger partial charge in [0.1, 0.15) is 0 Å². The molecule has 0 bridgehead atoms. The Labute approximate surface area is 115 Å². The molecule has 0 radical (unpaired) electrons. The maximum absolute atomic E-state index is 4.24. The molecule has 0 N–H and O–H groups in total. The van der Waals surface area contributed by atoms with Crippen molar-refractivity contribution in [3.63, 3.8) is 0 Å². The molecule has 1 nitrogen and oxygen atoms in total. The zero-order valence-corrected chi connectivity index (χ0v) is 13.0. The smallest absolute Gasteiger partial charge is 0.00187 e. The third kappa shape index (κ3) is 12.6. The van der Waals surface area contributed by atoms with E-state index in [0.717, 1.165) is 5.75 Å². The topological polar surface area (TPSA) is 3.24 Å². The summed E-state index contributed by atoms with van der Waals surface area (Å²) in [6.07, 6.45) is 12.3. The molecule has 0 heterocycles. The molecule has 0 aliphatic carbocycles. The van der Waals surface area contributed by atoms with Crippen molar-refractivity contribution in [2.24, 2.45) is 0 Å². The molecule has 17 heavy (non-hydrogen) atoms. The Kier molecular flexibility index (Phi) is 14.6. The molecule has 0 unspecified atom stereocenters. The molecule has 0 aromatic rings. The normalized spacial score (nSPS) is 11.3. The Balaban J connectivity index is 3.23. The fourth-order valence-corrected chi connectivity index (χ4v) is 2.52. The molecule has 0 atom stereocenters. The molecule has 0 aliphatic rings. The van der Waals surface area contributed by atoms with Gasteiger partial charge in [0.2, 0.25) is 0 Å². The predicted octanol–water partition coefficient (Wildman–Crippen LogP) is 4.77. The fourth-order valence-electron chi connectivity index (χ4n) is 2.30. The van der Waals surface area contributed by atoms with Crippen LogP contribution in [0, 0.1) is 0 Å². The molecular formula is C15H33NS. The monoisotopic (exact) mass is 259 g/mol. The Morgan fingerprint density at radius 3 is 1.59 bits per heavy atom. The van der Waals surface area contributed by atoms with Gasteiger partial charge < -0.3 is 4.90 Å². The molecule has 0 spiro atoms. The van der Waals surface area contributed by atoms with Crippen LogP contribution in [-0.4, -0.2) is 30.3 Å². The third-order valence-corrected chi connectivity index (χ3v) is 3.53. The lowest BCUT2D eigenvalue weighted by atomic mass is 10.1. The Morgan fingerprint density at radius 2 is 1.12 bits per heavy atom. The van der Waals surface area contributed by atoms with Crippen molar-refractivity contribution >= 4 is 12.6 Å². The maximum atomic E-state index is 4.24. The van der Waals surface area contributed by atoms with Gasteiger partial charge in [-0.25, -0.2) is 0 Å². The average Bonchev–Trinajstić information content (AvgIpc) is 2.33. The summed E-state index contributed by atoms with van der Waals surface area (Å²) in [5.41, 5.74) is 0. The van der Waals surface area contributed by atoms with Crippen molar-refractivity contribution < 1.29 is 0 Å². The van der Waals surface area contributed by atoms with Crippen LogP contribution in [0.2, 0.25) is 0 Å².